The molecule has 0 aliphatic carbocycles. The summed E-state index contributed by atoms with van der Waals surface area (Å²) in [5, 5.41) is 3.56. The summed E-state index contributed by atoms with van der Waals surface area (Å²) in [5.41, 5.74) is 2.27. The van der Waals surface area contributed by atoms with Crippen molar-refractivity contribution in [1.29, 1.82) is 0 Å². The van der Waals surface area contributed by atoms with E-state index in [1.54, 1.807) is 0 Å². The van der Waals surface area contributed by atoms with Crippen molar-refractivity contribution >= 4 is 65.8 Å². The Bertz CT molecular complexity index is 815. The smallest absolute Gasteiger partial charge is 0.0645 e. The molecule has 0 radical (unpaired) electrons. The summed E-state index contributed by atoms with van der Waals surface area (Å²) >= 11 is 19.3. The first-order valence-electron chi connectivity index (χ1n) is 6.33. The van der Waals surface area contributed by atoms with E-state index in [0.717, 1.165) is 10.0 Å². The van der Waals surface area contributed by atoms with Gasteiger partial charge in [0.2, 0.25) is 0 Å². The van der Waals surface area contributed by atoms with Crippen LogP contribution in [0, 0.1) is 0 Å². The summed E-state index contributed by atoms with van der Waals surface area (Å²) in [6.07, 6.45) is 0. The molecule has 0 spiro atoms. The van der Waals surface area contributed by atoms with E-state index in [-0.39, 0.29) is 4.83 Å². The quantitative estimate of drug-likeness (QED) is 0.361. The van der Waals surface area contributed by atoms with Gasteiger partial charge in [0.15, 0.2) is 0 Å². The number of hydrogen-bond donors (Lipinski definition) is 0. The molecule has 4 heteroatoms. The lowest BCUT2D eigenvalue weighted by Gasteiger charge is -2.13. The summed E-state index contributed by atoms with van der Waals surface area (Å²) in [4.78, 5) is 0.0836. The molecule has 0 amide bonds. The van der Waals surface area contributed by atoms with Gasteiger partial charge in [-0.25, -0.2) is 0 Å². The molecule has 1 unspecified atom stereocenters. The van der Waals surface area contributed by atoms with Crippen LogP contribution in [0.25, 0.3) is 10.8 Å². The van der Waals surface area contributed by atoms with E-state index >= 15 is 0 Å². The van der Waals surface area contributed by atoms with Gasteiger partial charge >= 0.3 is 0 Å². The van der Waals surface area contributed by atoms with Crippen molar-refractivity contribution in [1.82, 2.24) is 0 Å². The Labute approximate surface area is 150 Å². The number of rotatable bonds is 2. The maximum Gasteiger partial charge on any atom is 0.0645 e. The molecule has 106 valence electrons. The molecule has 0 aromatic heterocycles. The molecule has 3 rings (SSSR count). The van der Waals surface area contributed by atoms with Gasteiger partial charge in [-0.3, -0.25) is 0 Å². The van der Waals surface area contributed by atoms with Gasteiger partial charge in [-0.15, -0.1) is 0 Å². The zero-order valence-electron chi connectivity index (χ0n) is 10.8. The third-order valence-electron chi connectivity index (χ3n) is 3.36. The first-order chi connectivity index (χ1) is 10.0. The lowest BCUT2D eigenvalue weighted by atomic mass is 10.0. The number of halogens is 4. The van der Waals surface area contributed by atoms with Gasteiger partial charge < -0.3 is 0 Å². The van der Waals surface area contributed by atoms with Crippen molar-refractivity contribution in [3.8, 4) is 0 Å². The van der Waals surface area contributed by atoms with Gasteiger partial charge in [0, 0.05) is 4.47 Å². The first-order valence-corrected chi connectivity index (χ1v) is 8.79. The van der Waals surface area contributed by atoms with Gasteiger partial charge in [-0.1, -0.05) is 79.3 Å². The van der Waals surface area contributed by atoms with Crippen LogP contribution in [0.5, 0.6) is 0 Å². The van der Waals surface area contributed by atoms with Gasteiger partial charge in [-0.05, 0) is 52.2 Å². The fourth-order valence-corrected chi connectivity index (χ4v) is 3.51. The Morgan fingerprint density at radius 3 is 2.10 bits per heavy atom. The van der Waals surface area contributed by atoms with Crippen LogP contribution in [-0.2, 0) is 0 Å². The molecule has 0 bridgehead atoms. The van der Waals surface area contributed by atoms with Gasteiger partial charge in [0.1, 0.15) is 0 Å². The second kappa shape index (κ2) is 6.29. The monoisotopic (exact) mass is 442 g/mol. The molecule has 0 aliphatic rings. The van der Waals surface area contributed by atoms with Crippen LogP contribution in [0.3, 0.4) is 0 Å². The second-order valence-corrected chi connectivity index (χ2v) is 7.43. The fourth-order valence-electron chi connectivity index (χ4n) is 2.26. The molecule has 0 aliphatic heterocycles. The van der Waals surface area contributed by atoms with Crippen molar-refractivity contribution in [2.45, 2.75) is 4.83 Å². The third-order valence-corrected chi connectivity index (χ3v) is 5.64. The lowest BCUT2D eigenvalue weighted by Crippen LogP contribution is -1.93. The van der Waals surface area contributed by atoms with Crippen LogP contribution in [0.1, 0.15) is 16.0 Å². The Hall–Kier alpha value is -0.540. The van der Waals surface area contributed by atoms with Crippen molar-refractivity contribution in [2.75, 3.05) is 0 Å². The van der Waals surface area contributed by atoms with Crippen LogP contribution >= 0.6 is 55.1 Å². The number of fused-ring (bicyclic) bond motifs is 1. The predicted octanol–water partition coefficient (Wildman–Crippen LogP) is 7.39. The predicted molar refractivity (Wildman–Crippen MR) is 98.9 cm³/mol. The molecule has 3 aromatic carbocycles. The fraction of sp³-hybridized carbons (Fsp3) is 0.0588. The Balaban J connectivity index is 2.02. The topological polar surface area (TPSA) is 0 Å². The maximum absolute atomic E-state index is 6.10. The Morgan fingerprint density at radius 2 is 1.33 bits per heavy atom. The van der Waals surface area contributed by atoms with Crippen molar-refractivity contribution in [3.63, 3.8) is 0 Å². The highest BCUT2D eigenvalue weighted by Gasteiger charge is 2.12. The van der Waals surface area contributed by atoms with Crippen LogP contribution < -0.4 is 0 Å². The summed E-state index contributed by atoms with van der Waals surface area (Å²) in [7, 11) is 0. The lowest BCUT2D eigenvalue weighted by molar-refractivity contribution is 1.18. The van der Waals surface area contributed by atoms with Crippen LogP contribution in [0.4, 0.5) is 0 Å². The van der Waals surface area contributed by atoms with E-state index in [9.17, 15) is 0 Å². The molecule has 0 N–H and O–H groups in total. The van der Waals surface area contributed by atoms with Crippen molar-refractivity contribution in [2.24, 2.45) is 0 Å². The summed E-state index contributed by atoms with van der Waals surface area (Å²) in [6.45, 7) is 0. The average molecular weight is 445 g/mol. The molecule has 1 atom stereocenters. The average Bonchev–Trinajstić information content (AvgIpc) is 2.49. The van der Waals surface area contributed by atoms with E-state index in [0.29, 0.717) is 10.0 Å². The summed E-state index contributed by atoms with van der Waals surface area (Å²) in [5.74, 6) is 0. The molecule has 3 aromatic rings. The molecular weight excluding hydrogens is 435 g/mol. The Morgan fingerprint density at radius 1 is 0.714 bits per heavy atom. The Kier molecular flexibility index (Phi) is 4.60. The van der Waals surface area contributed by atoms with Crippen LogP contribution in [0.2, 0.25) is 10.0 Å². The minimum Gasteiger partial charge on any atom is -0.0827 e. The van der Waals surface area contributed by atoms with Gasteiger partial charge in [0.25, 0.3) is 0 Å². The van der Waals surface area contributed by atoms with E-state index in [1.165, 1.54) is 16.3 Å². The van der Waals surface area contributed by atoms with Crippen molar-refractivity contribution in [3.05, 3.63) is 80.2 Å². The van der Waals surface area contributed by atoms with Gasteiger partial charge in [-0.2, -0.15) is 0 Å². The highest BCUT2D eigenvalue weighted by Crippen LogP contribution is 2.35. The zero-order valence-corrected chi connectivity index (χ0v) is 15.5. The summed E-state index contributed by atoms with van der Waals surface area (Å²) in [6, 6.07) is 18.4. The van der Waals surface area contributed by atoms with E-state index in [1.807, 2.05) is 18.2 Å². The molecule has 0 heterocycles. The normalized spacial score (nSPS) is 12.6. The highest BCUT2D eigenvalue weighted by atomic mass is 79.9. The van der Waals surface area contributed by atoms with Crippen molar-refractivity contribution < 1.29 is 0 Å². The van der Waals surface area contributed by atoms with E-state index in [2.05, 4.69) is 68.3 Å². The minimum absolute atomic E-state index is 0.0836. The highest BCUT2D eigenvalue weighted by molar-refractivity contribution is 9.10. The van der Waals surface area contributed by atoms with Crippen LogP contribution in [-0.4, -0.2) is 0 Å². The van der Waals surface area contributed by atoms with E-state index in [4.69, 9.17) is 23.2 Å². The number of hydrogen-bond acceptors (Lipinski definition) is 0. The summed E-state index contributed by atoms with van der Waals surface area (Å²) < 4.78 is 1.09. The molecule has 0 saturated heterocycles. The SMILES string of the molecule is Clc1ccc(C(Br)c2ccc3cc(Br)ccc3c2)cc1Cl. The zero-order chi connectivity index (χ0) is 15.0. The minimum atomic E-state index is 0.0836. The number of alkyl halides is 1. The molecular formula is C17H10Br2Cl2. The number of benzene rings is 3. The molecule has 0 saturated carbocycles. The second-order valence-electron chi connectivity index (χ2n) is 4.79. The third kappa shape index (κ3) is 3.29. The van der Waals surface area contributed by atoms with E-state index < -0.39 is 0 Å². The largest absolute Gasteiger partial charge is 0.0827 e. The molecule has 21 heavy (non-hydrogen) atoms. The molecule has 0 fully saturated rings. The van der Waals surface area contributed by atoms with Gasteiger partial charge in [0.05, 0.1) is 14.9 Å². The molecule has 0 nitrogen and oxygen atoms in total. The standard InChI is InChI=1S/C17H10Br2Cl2/c18-14-5-3-10-7-12(2-1-11(10)8-14)17(19)13-4-6-15(20)16(21)9-13/h1-9,17H. The van der Waals surface area contributed by atoms with Crippen LogP contribution in [0.15, 0.2) is 59.1 Å². The maximum atomic E-state index is 6.10. The first kappa shape index (κ1) is 15.4.